The third-order valence-corrected chi connectivity index (χ3v) is 8.78. The Balaban J connectivity index is 1.27. The van der Waals surface area contributed by atoms with E-state index in [-0.39, 0.29) is 5.82 Å². The van der Waals surface area contributed by atoms with Gasteiger partial charge in [-0.25, -0.2) is 15.0 Å². The van der Waals surface area contributed by atoms with E-state index in [1.165, 1.54) is 0 Å². The Morgan fingerprint density at radius 1 is 0.412 bits per heavy atom. The van der Waals surface area contributed by atoms with Gasteiger partial charge in [-0.05, 0) is 62.5 Å². The van der Waals surface area contributed by atoms with Gasteiger partial charge in [-0.1, -0.05) is 151 Å². The molecule has 0 atom stereocenters. The summed E-state index contributed by atoms with van der Waals surface area (Å²) < 4.78 is 127. The van der Waals surface area contributed by atoms with E-state index in [1.54, 1.807) is 12.1 Å². The molecule has 0 aliphatic carbocycles. The Morgan fingerprint density at radius 3 is 1.73 bits per heavy atom. The minimum Gasteiger partial charge on any atom is -0.455 e. The van der Waals surface area contributed by atoms with Gasteiger partial charge in [0.1, 0.15) is 11.2 Å². The Bertz CT molecular complexity index is 3650. The van der Waals surface area contributed by atoms with Crippen molar-refractivity contribution >= 4 is 43.5 Å². The van der Waals surface area contributed by atoms with Gasteiger partial charge >= 0.3 is 0 Å². The summed E-state index contributed by atoms with van der Waals surface area (Å²) in [6, 6.07) is 19.3. The second-order valence-electron chi connectivity index (χ2n) is 11.7. The van der Waals surface area contributed by atoms with Crippen molar-refractivity contribution in [3.8, 4) is 56.4 Å². The van der Waals surface area contributed by atoms with Crippen LogP contribution in [0.5, 0.6) is 0 Å². The largest absolute Gasteiger partial charge is 0.455 e. The highest BCUT2D eigenvalue weighted by Crippen LogP contribution is 2.42. The SMILES string of the molecule is [2H]c1c([2H])c([2H])c(-c2nc(-c3c([2H])c([2H])c(-c4c([2H])c([2H])c([2H])c([2H])c4[2H])c([2H])c3[2H])nc(-c3ccc(-c4ccc5ccc6ccccc6c5c4)c4oc5ccccc5c34)n2)c([2H])c1[2H]. The van der Waals surface area contributed by atoms with Crippen molar-refractivity contribution in [1.29, 1.82) is 0 Å². The van der Waals surface area contributed by atoms with Crippen LogP contribution in [-0.2, 0) is 0 Å². The molecule has 0 bridgehead atoms. The van der Waals surface area contributed by atoms with Crippen molar-refractivity contribution in [3.05, 3.63) is 176 Å². The quantitative estimate of drug-likeness (QED) is 0.172. The molecular weight excluding hydrogens is 623 g/mol. The monoisotopic (exact) mass is 665 g/mol. The van der Waals surface area contributed by atoms with Crippen molar-refractivity contribution in [2.75, 3.05) is 0 Å². The van der Waals surface area contributed by atoms with Crippen LogP contribution in [0.3, 0.4) is 0 Å². The first kappa shape index (κ1) is 18.2. The van der Waals surface area contributed by atoms with Crippen LogP contribution in [0.1, 0.15) is 19.2 Å². The highest BCUT2D eigenvalue weighted by atomic mass is 16.3. The third-order valence-electron chi connectivity index (χ3n) is 8.78. The fourth-order valence-electron chi connectivity index (χ4n) is 6.42. The van der Waals surface area contributed by atoms with Crippen LogP contribution in [0, 0.1) is 0 Å². The predicted octanol–water partition coefficient (Wildman–Crippen LogP) is 12.4. The molecule has 0 aliphatic rings. The zero-order valence-corrected chi connectivity index (χ0v) is 26.4. The van der Waals surface area contributed by atoms with Crippen LogP contribution >= 0.6 is 0 Å². The highest BCUT2D eigenvalue weighted by Gasteiger charge is 2.21. The number of fused-ring (bicyclic) bond motifs is 6. The number of para-hydroxylation sites is 1. The van der Waals surface area contributed by atoms with E-state index in [1.807, 2.05) is 54.6 Å². The van der Waals surface area contributed by atoms with E-state index in [4.69, 9.17) is 30.8 Å². The molecule has 238 valence electrons. The molecule has 0 N–H and O–H groups in total. The van der Waals surface area contributed by atoms with Gasteiger partial charge in [0, 0.05) is 33.0 Å². The normalized spacial score (nSPS) is 15.4. The standard InChI is InChI=1S/C47H29N3O/c1-3-11-30(12-4-1)31-19-24-35(25-20-31)46-48-45(34-14-5-2-6-15-34)49-47(50-46)40-28-27-38(44-43(40)39-17-9-10-18-42(39)51-44)36-26-23-33-22-21-32-13-7-8-16-37(32)41(33)29-36/h1-29H/i1D,2D,3D,4D,5D,6D,11D,12D,14D,15D,19D,20D,24D,25D. The fourth-order valence-corrected chi connectivity index (χ4v) is 6.42. The Kier molecular flexibility index (Phi) is 4.24. The summed E-state index contributed by atoms with van der Waals surface area (Å²) in [5.41, 5.74) is 0.868. The summed E-state index contributed by atoms with van der Waals surface area (Å²) in [6.45, 7) is 0. The minimum absolute atomic E-state index is 0.129. The van der Waals surface area contributed by atoms with Crippen LogP contribution in [-0.4, -0.2) is 15.0 Å². The molecule has 10 rings (SSSR count). The van der Waals surface area contributed by atoms with Crippen LogP contribution in [0.2, 0.25) is 0 Å². The molecule has 0 fully saturated rings. The van der Waals surface area contributed by atoms with E-state index in [0.29, 0.717) is 27.5 Å². The Hall–Kier alpha value is -6.91. The molecule has 0 amide bonds. The number of rotatable bonds is 5. The smallest absolute Gasteiger partial charge is 0.164 e. The van der Waals surface area contributed by atoms with E-state index in [9.17, 15) is 2.74 Å². The lowest BCUT2D eigenvalue weighted by molar-refractivity contribution is 0.670. The van der Waals surface area contributed by atoms with Gasteiger partial charge in [0.05, 0.1) is 19.2 Å². The molecule has 4 nitrogen and oxygen atoms in total. The number of hydrogen-bond acceptors (Lipinski definition) is 4. The van der Waals surface area contributed by atoms with Gasteiger partial charge in [0.25, 0.3) is 0 Å². The topological polar surface area (TPSA) is 51.8 Å². The average molecular weight is 666 g/mol. The van der Waals surface area contributed by atoms with Crippen molar-refractivity contribution in [2.24, 2.45) is 0 Å². The first-order valence-corrected chi connectivity index (χ1v) is 16.0. The maximum absolute atomic E-state index is 9.21. The molecule has 0 saturated carbocycles. The molecule has 0 aliphatic heterocycles. The van der Waals surface area contributed by atoms with Crippen LogP contribution in [0.25, 0.3) is 99.9 Å². The van der Waals surface area contributed by atoms with Crippen LogP contribution < -0.4 is 0 Å². The number of aromatic nitrogens is 3. The summed E-state index contributed by atoms with van der Waals surface area (Å²) >= 11 is 0. The highest BCUT2D eigenvalue weighted by molar-refractivity contribution is 6.16. The maximum Gasteiger partial charge on any atom is 0.164 e. The van der Waals surface area contributed by atoms with Crippen molar-refractivity contribution in [3.63, 3.8) is 0 Å². The molecule has 2 heterocycles. The molecule has 0 saturated heterocycles. The van der Waals surface area contributed by atoms with Crippen molar-refractivity contribution in [2.45, 2.75) is 0 Å². The summed E-state index contributed by atoms with van der Waals surface area (Å²) in [5.74, 6) is -1.02. The van der Waals surface area contributed by atoms with Gasteiger partial charge in [0.15, 0.2) is 17.5 Å². The lowest BCUT2D eigenvalue weighted by Gasteiger charge is -2.12. The van der Waals surface area contributed by atoms with Gasteiger partial charge in [-0.15, -0.1) is 0 Å². The fraction of sp³-hybridized carbons (Fsp3) is 0. The van der Waals surface area contributed by atoms with Crippen LogP contribution in [0.15, 0.2) is 180 Å². The Morgan fingerprint density at radius 2 is 0.961 bits per heavy atom. The maximum atomic E-state index is 9.21. The third kappa shape index (κ3) is 5.04. The molecule has 8 aromatic carbocycles. The first-order valence-electron chi connectivity index (χ1n) is 23.0. The molecule has 10 aromatic rings. The van der Waals surface area contributed by atoms with E-state index < -0.39 is 118 Å². The second kappa shape index (κ2) is 11.9. The Labute approximate surface area is 314 Å². The molecule has 4 heteroatoms. The average Bonchev–Trinajstić information content (AvgIpc) is 3.71. The molecule has 0 radical (unpaired) electrons. The van der Waals surface area contributed by atoms with E-state index in [0.717, 1.165) is 32.7 Å². The number of nitrogens with zero attached hydrogens (tertiary/aromatic N) is 3. The summed E-state index contributed by atoms with van der Waals surface area (Å²) in [5, 5.41) is 5.40. The van der Waals surface area contributed by atoms with Gasteiger partial charge in [-0.2, -0.15) is 0 Å². The van der Waals surface area contributed by atoms with E-state index >= 15 is 0 Å². The van der Waals surface area contributed by atoms with Crippen molar-refractivity contribution in [1.82, 2.24) is 15.0 Å². The number of benzene rings is 8. The first-order chi connectivity index (χ1) is 31.1. The zero-order chi connectivity index (χ0) is 45.9. The second-order valence-corrected chi connectivity index (χ2v) is 11.7. The summed E-state index contributed by atoms with van der Waals surface area (Å²) in [6.07, 6.45) is 0. The van der Waals surface area contributed by atoms with Gasteiger partial charge in [-0.3, -0.25) is 0 Å². The summed E-state index contributed by atoms with van der Waals surface area (Å²) in [4.78, 5) is 13.9. The summed E-state index contributed by atoms with van der Waals surface area (Å²) in [7, 11) is 0. The molecule has 51 heavy (non-hydrogen) atoms. The van der Waals surface area contributed by atoms with E-state index in [2.05, 4.69) is 29.2 Å². The number of hydrogen-bond donors (Lipinski definition) is 0. The zero-order valence-electron chi connectivity index (χ0n) is 40.4. The van der Waals surface area contributed by atoms with Gasteiger partial charge < -0.3 is 4.42 Å². The van der Waals surface area contributed by atoms with Crippen molar-refractivity contribution < 1.29 is 23.6 Å². The van der Waals surface area contributed by atoms with Gasteiger partial charge in [0.2, 0.25) is 0 Å². The number of furan rings is 1. The lowest BCUT2D eigenvalue weighted by Crippen LogP contribution is -2.00. The molecular formula is C47H29N3O. The van der Waals surface area contributed by atoms with Crippen LogP contribution in [0.4, 0.5) is 0 Å². The molecule has 2 aromatic heterocycles. The lowest BCUT2D eigenvalue weighted by atomic mass is 9.94. The molecule has 0 spiro atoms. The molecule has 0 unspecified atom stereocenters. The predicted molar refractivity (Wildman–Crippen MR) is 209 cm³/mol. The minimum atomic E-state index is -0.762.